The van der Waals surface area contributed by atoms with Crippen molar-refractivity contribution >= 4 is 17.1 Å². The maximum Gasteiger partial charge on any atom is 0.419 e. The summed E-state index contributed by atoms with van der Waals surface area (Å²) in [5.41, 5.74) is 4.39. The van der Waals surface area contributed by atoms with Gasteiger partial charge in [-0.25, -0.2) is 9.78 Å². The molecule has 1 aromatic carbocycles. The largest absolute Gasteiger partial charge is 0.489 e. The number of pyridine rings is 1. The summed E-state index contributed by atoms with van der Waals surface area (Å²) in [7, 11) is 0. The van der Waals surface area contributed by atoms with Crippen molar-refractivity contribution in [2.45, 2.75) is 39.0 Å². The molecule has 0 saturated heterocycles. The number of benzene rings is 1. The van der Waals surface area contributed by atoms with Crippen LogP contribution >= 0.6 is 0 Å². The number of nitrogens with one attached hydrogen (secondary N) is 1. The number of carbonyl (C=O) groups is 1. The number of fused-ring (bicyclic) bond motifs is 1. The highest BCUT2D eigenvalue weighted by atomic mass is 19.4. The maximum atomic E-state index is 13.8. The van der Waals surface area contributed by atoms with Crippen LogP contribution < -0.4 is 10.5 Å². The minimum absolute atomic E-state index is 0.0986. The lowest BCUT2D eigenvalue weighted by Gasteiger charge is -2.30. The summed E-state index contributed by atoms with van der Waals surface area (Å²) in [5, 5.41) is 7.19. The van der Waals surface area contributed by atoms with E-state index >= 15 is 0 Å². The Morgan fingerprint density at radius 3 is 2.65 bits per heavy atom. The van der Waals surface area contributed by atoms with Gasteiger partial charge in [0, 0.05) is 11.6 Å². The number of amides is 1. The number of rotatable bonds is 7. The van der Waals surface area contributed by atoms with Gasteiger partial charge in [0.05, 0.1) is 11.8 Å². The number of ether oxygens (including phenoxy) is 2. The van der Waals surface area contributed by atoms with Crippen LogP contribution in [0, 0.1) is 5.92 Å². The summed E-state index contributed by atoms with van der Waals surface area (Å²) >= 11 is 0. The van der Waals surface area contributed by atoms with Crippen molar-refractivity contribution < 1.29 is 27.4 Å². The highest BCUT2D eigenvalue weighted by Crippen LogP contribution is 2.40. The smallest absolute Gasteiger partial charge is 0.419 e. The third kappa shape index (κ3) is 5.25. The molecule has 1 unspecified atom stereocenters. The minimum Gasteiger partial charge on any atom is -0.489 e. The van der Waals surface area contributed by atoms with E-state index in [0.717, 1.165) is 6.07 Å². The average molecular weight is 436 g/mol. The Morgan fingerprint density at radius 2 is 2.00 bits per heavy atom. The Hall–Kier alpha value is -3.30. The molecule has 0 aliphatic rings. The van der Waals surface area contributed by atoms with E-state index < -0.39 is 23.4 Å². The summed E-state index contributed by atoms with van der Waals surface area (Å²) in [6, 6.07) is 5.42. The van der Waals surface area contributed by atoms with Crippen LogP contribution in [0.15, 0.2) is 36.7 Å². The standard InChI is InChI=1S/C21H23F3N4O3/c1-12(2)9-20(3,31-19(25)29)11-30-17-5-4-13(8-16(17)21(22,23)24)14-6-7-26-18-15(14)10-27-28-18/h4-8,10,12H,9,11H2,1-3H3,(H2,25,29)(H,26,27,28). The number of aromatic nitrogens is 3. The zero-order valence-electron chi connectivity index (χ0n) is 17.3. The first kappa shape index (κ1) is 22.4. The fraction of sp³-hybridized carbons (Fsp3) is 0.381. The summed E-state index contributed by atoms with van der Waals surface area (Å²) in [5.74, 6) is -0.265. The van der Waals surface area contributed by atoms with Crippen LogP contribution in [0.1, 0.15) is 32.8 Å². The Labute approximate surface area is 176 Å². The van der Waals surface area contributed by atoms with Crippen LogP contribution in [-0.4, -0.2) is 33.5 Å². The molecule has 0 spiro atoms. The predicted molar refractivity (Wildman–Crippen MR) is 108 cm³/mol. The Morgan fingerprint density at radius 1 is 1.26 bits per heavy atom. The molecule has 1 amide bonds. The van der Waals surface area contributed by atoms with Gasteiger partial charge in [0.25, 0.3) is 0 Å². The summed E-state index contributed by atoms with van der Waals surface area (Å²) in [4.78, 5) is 15.4. The van der Waals surface area contributed by atoms with Crippen LogP contribution in [-0.2, 0) is 10.9 Å². The van der Waals surface area contributed by atoms with Gasteiger partial charge in [0.1, 0.15) is 18.0 Å². The van der Waals surface area contributed by atoms with E-state index in [4.69, 9.17) is 15.2 Å². The molecule has 0 aliphatic heterocycles. The molecule has 31 heavy (non-hydrogen) atoms. The average Bonchev–Trinajstić information content (AvgIpc) is 3.13. The van der Waals surface area contributed by atoms with Gasteiger partial charge in [0.15, 0.2) is 5.65 Å². The predicted octanol–water partition coefficient (Wildman–Crippen LogP) is 4.92. The highest BCUT2D eigenvalue weighted by Gasteiger charge is 2.37. The molecular formula is C21H23F3N4O3. The van der Waals surface area contributed by atoms with Gasteiger partial charge in [-0.05, 0) is 48.6 Å². The van der Waals surface area contributed by atoms with Gasteiger partial charge in [-0.2, -0.15) is 18.3 Å². The van der Waals surface area contributed by atoms with Crippen molar-refractivity contribution in [2.75, 3.05) is 6.61 Å². The van der Waals surface area contributed by atoms with E-state index in [1.807, 2.05) is 13.8 Å². The summed E-state index contributed by atoms with van der Waals surface area (Å²) < 4.78 is 52.1. The Bertz CT molecular complexity index is 1080. The molecule has 1 atom stereocenters. The topological polar surface area (TPSA) is 103 Å². The quantitative estimate of drug-likeness (QED) is 0.547. The van der Waals surface area contributed by atoms with E-state index in [-0.39, 0.29) is 18.3 Å². The first-order valence-corrected chi connectivity index (χ1v) is 9.59. The zero-order chi connectivity index (χ0) is 22.8. The summed E-state index contributed by atoms with van der Waals surface area (Å²) in [6.45, 7) is 5.08. The Kier molecular flexibility index (Phi) is 6.10. The van der Waals surface area contributed by atoms with Crippen molar-refractivity contribution in [3.05, 3.63) is 42.2 Å². The van der Waals surface area contributed by atoms with E-state index in [9.17, 15) is 18.0 Å². The molecule has 0 radical (unpaired) electrons. The Balaban J connectivity index is 1.96. The second-order valence-corrected chi connectivity index (χ2v) is 7.96. The minimum atomic E-state index is -4.66. The maximum absolute atomic E-state index is 13.8. The number of primary amides is 1. The third-order valence-electron chi connectivity index (χ3n) is 4.67. The number of halogens is 3. The molecule has 3 rings (SSSR count). The molecule has 3 N–H and O–H groups in total. The molecule has 166 valence electrons. The molecule has 0 fully saturated rings. The number of aromatic amines is 1. The SMILES string of the molecule is CC(C)CC(C)(COc1ccc(-c2ccnc3[nH]ncc23)cc1C(F)(F)F)OC(N)=O. The van der Waals surface area contributed by atoms with Crippen LogP contribution in [0.2, 0.25) is 0 Å². The lowest BCUT2D eigenvalue weighted by Crippen LogP contribution is -2.41. The molecule has 7 nitrogen and oxygen atoms in total. The lowest BCUT2D eigenvalue weighted by atomic mass is 9.94. The van der Waals surface area contributed by atoms with Gasteiger partial charge in [-0.1, -0.05) is 19.9 Å². The molecule has 0 saturated carbocycles. The fourth-order valence-corrected chi connectivity index (χ4v) is 3.61. The van der Waals surface area contributed by atoms with Crippen LogP contribution in [0.3, 0.4) is 0 Å². The second kappa shape index (κ2) is 8.44. The molecule has 2 aromatic heterocycles. The molecular weight excluding hydrogens is 413 g/mol. The van der Waals surface area contributed by atoms with Crippen molar-refractivity contribution in [1.29, 1.82) is 0 Å². The number of hydrogen-bond donors (Lipinski definition) is 2. The molecule has 2 heterocycles. The van der Waals surface area contributed by atoms with Crippen molar-refractivity contribution in [3.63, 3.8) is 0 Å². The number of nitrogens with zero attached hydrogens (tertiary/aromatic N) is 2. The van der Waals surface area contributed by atoms with Crippen LogP contribution in [0.25, 0.3) is 22.2 Å². The number of carbonyl (C=O) groups excluding carboxylic acids is 1. The first-order valence-electron chi connectivity index (χ1n) is 9.59. The number of H-pyrrole nitrogens is 1. The van der Waals surface area contributed by atoms with Crippen LogP contribution in [0.4, 0.5) is 18.0 Å². The first-order chi connectivity index (χ1) is 14.5. The second-order valence-electron chi connectivity index (χ2n) is 7.96. The van der Waals surface area contributed by atoms with Gasteiger partial charge in [-0.3, -0.25) is 5.10 Å². The highest BCUT2D eigenvalue weighted by molar-refractivity contribution is 5.92. The third-order valence-corrected chi connectivity index (χ3v) is 4.67. The van der Waals surface area contributed by atoms with Crippen molar-refractivity contribution in [2.24, 2.45) is 11.7 Å². The van der Waals surface area contributed by atoms with Crippen molar-refractivity contribution in [3.8, 4) is 16.9 Å². The number of hydrogen-bond acceptors (Lipinski definition) is 5. The van der Waals surface area contributed by atoms with Gasteiger partial charge in [-0.15, -0.1) is 0 Å². The number of nitrogens with two attached hydrogens (primary N) is 1. The zero-order valence-corrected chi connectivity index (χ0v) is 17.3. The van der Waals surface area contributed by atoms with Gasteiger partial charge in [0.2, 0.25) is 0 Å². The molecule has 10 heteroatoms. The number of alkyl halides is 3. The molecule has 0 bridgehead atoms. The monoisotopic (exact) mass is 436 g/mol. The van der Waals surface area contributed by atoms with E-state index in [0.29, 0.717) is 28.6 Å². The normalized spacial score (nSPS) is 13.9. The van der Waals surface area contributed by atoms with E-state index in [1.165, 1.54) is 24.5 Å². The molecule has 0 aliphatic carbocycles. The van der Waals surface area contributed by atoms with Gasteiger partial charge < -0.3 is 15.2 Å². The van der Waals surface area contributed by atoms with Gasteiger partial charge >= 0.3 is 12.3 Å². The van der Waals surface area contributed by atoms with E-state index in [2.05, 4.69) is 15.2 Å². The van der Waals surface area contributed by atoms with Crippen LogP contribution in [0.5, 0.6) is 5.75 Å². The summed E-state index contributed by atoms with van der Waals surface area (Å²) in [6.07, 6.45) is -2.31. The molecule has 3 aromatic rings. The van der Waals surface area contributed by atoms with Crippen molar-refractivity contribution in [1.82, 2.24) is 15.2 Å². The van der Waals surface area contributed by atoms with E-state index in [1.54, 1.807) is 13.0 Å². The fourth-order valence-electron chi connectivity index (χ4n) is 3.61. The lowest BCUT2D eigenvalue weighted by molar-refractivity contribution is -0.139.